The van der Waals surface area contributed by atoms with Crippen LogP contribution in [0.2, 0.25) is 0 Å². The number of benzene rings is 1. The minimum atomic E-state index is -1.68. The number of unbranched alkanes of at least 4 members (excludes halogenated alkanes) is 5. The number of aryl methyl sites for hydroxylation is 1. The van der Waals surface area contributed by atoms with Crippen molar-refractivity contribution in [3.05, 3.63) is 65.1 Å². The summed E-state index contributed by atoms with van der Waals surface area (Å²) in [5.74, 6) is -2.76. The number of esters is 2. The average molecular weight is 435 g/mol. The predicted octanol–water partition coefficient (Wildman–Crippen LogP) is 5.64. The van der Waals surface area contributed by atoms with Crippen LogP contribution in [0.1, 0.15) is 79.7 Å². The number of rotatable bonds is 9. The van der Waals surface area contributed by atoms with E-state index in [1.807, 2.05) is 25.1 Å². The quantitative estimate of drug-likeness (QED) is 0.322. The molecule has 0 amide bonds. The van der Waals surface area contributed by atoms with Gasteiger partial charge < -0.3 is 14.0 Å². The van der Waals surface area contributed by atoms with Gasteiger partial charge in [0.2, 0.25) is 0 Å². The summed E-state index contributed by atoms with van der Waals surface area (Å²) in [5.41, 5.74) is 3.25. The van der Waals surface area contributed by atoms with E-state index in [1.165, 1.54) is 32.6 Å². The van der Waals surface area contributed by atoms with Gasteiger partial charge in [-0.1, -0.05) is 57.2 Å². The molecule has 1 atom stereocenters. The molecule has 0 saturated carbocycles. The first-order chi connectivity index (χ1) is 15.5. The van der Waals surface area contributed by atoms with Gasteiger partial charge in [-0.25, -0.2) is 4.79 Å². The Hall–Kier alpha value is -3.15. The average Bonchev–Trinajstić information content (AvgIpc) is 3.22. The first kappa shape index (κ1) is 22.1. The highest BCUT2D eigenvalue weighted by Gasteiger charge is 2.54. The lowest BCUT2D eigenvalue weighted by molar-refractivity contribution is -0.192. The molecular formula is C26H30N2O4. The fraction of sp³-hybridized carbons (Fsp3) is 0.423. The van der Waals surface area contributed by atoms with Gasteiger partial charge in [0.25, 0.3) is 0 Å². The zero-order valence-corrected chi connectivity index (χ0v) is 19.0. The molecule has 1 aliphatic rings. The zero-order valence-electron chi connectivity index (χ0n) is 19.0. The fourth-order valence-electron chi connectivity index (χ4n) is 4.74. The molecule has 0 N–H and O–H groups in total. The molecule has 0 fully saturated rings. The standard InChI is InChI=1S/C26H30N2O4/c1-4-5-6-7-8-11-17-28-18(2)23(20-13-9-10-15-22(20)28)26(31-19(3)29)24-21(25(30)32-26)14-12-16-27-24/h9-10,12-16H,4-8,11,17H2,1-3H3. The number of para-hydroxylation sites is 1. The van der Waals surface area contributed by atoms with E-state index in [2.05, 4.69) is 22.5 Å². The van der Waals surface area contributed by atoms with E-state index in [9.17, 15) is 9.59 Å². The Bertz CT molecular complexity index is 1150. The third-order valence-electron chi connectivity index (χ3n) is 6.16. The van der Waals surface area contributed by atoms with Crippen LogP contribution in [0.15, 0.2) is 42.6 Å². The maximum atomic E-state index is 12.7. The van der Waals surface area contributed by atoms with E-state index in [4.69, 9.17) is 9.47 Å². The van der Waals surface area contributed by atoms with Crippen molar-refractivity contribution < 1.29 is 19.1 Å². The maximum Gasteiger partial charge on any atom is 0.344 e. The Kier molecular flexibility index (Phi) is 6.31. The van der Waals surface area contributed by atoms with Gasteiger partial charge in [-0.3, -0.25) is 9.78 Å². The molecule has 6 heteroatoms. The minimum absolute atomic E-state index is 0.320. The molecular weight excluding hydrogens is 404 g/mol. The molecule has 32 heavy (non-hydrogen) atoms. The summed E-state index contributed by atoms with van der Waals surface area (Å²) in [6.45, 7) is 6.38. The number of aromatic nitrogens is 2. The Morgan fingerprint density at radius 1 is 1.09 bits per heavy atom. The first-order valence-electron chi connectivity index (χ1n) is 11.5. The van der Waals surface area contributed by atoms with Crippen LogP contribution in [0.25, 0.3) is 10.9 Å². The lowest BCUT2D eigenvalue weighted by Crippen LogP contribution is -2.35. The monoisotopic (exact) mass is 434 g/mol. The van der Waals surface area contributed by atoms with E-state index in [-0.39, 0.29) is 0 Å². The summed E-state index contributed by atoms with van der Waals surface area (Å²) in [6, 6.07) is 11.3. The lowest BCUT2D eigenvalue weighted by Gasteiger charge is -2.28. The normalized spacial score (nSPS) is 17.4. The Morgan fingerprint density at radius 3 is 2.62 bits per heavy atom. The molecule has 0 bridgehead atoms. The van der Waals surface area contributed by atoms with Crippen molar-refractivity contribution >= 4 is 22.8 Å². The Balaban J connectivity index is 1.80. The minimum Gasteiger partial charge on any atom is -0.412 e. The predicted molar refractivity (Wildman–Crippen MR) is 122 cm³/mol. The fourth-order valence-corrected chi connectivity index (χ4v) is 4.74. The van der Waals surface area contributed by atoms with Crippen molar-refractivity contribution in [2.75, 3.05) is 0 Å². The first-order valence-corrected chi connectivity index (χ1v) is 11.5. The van der Waals surface area contributed by atoms with E-state index in [0.29, 0.717) is 16.8 Å². The molecule has 1 aliphatic heterocycles. The smallest absolute Gasteiger partial charge is 0.344 e. The van der Waals surface area contributed by atoms with Crippen LogP contribution in [0.5, 0.6) is 0 Å². The number of ether oxygens (including phenoxy) is 2. The SMILES string of the molecule is CCCCCCCCn1c(C)c(C2(OC(C)=O)OC(=O)c3cccnc32)c2ccccc21. The number of cyclic esters (lactones) is 1. The summed E-state index contributed by atoms with van der Waals surface area (Å²) in [6.07, 6.45) is 8.80. The maximum absolute atomic E-state index is 12.7. The number of carbonyl (C=O) groups is 2. The van der Waals surface area contributed by atoms with Crippen molar-refractivity contribution in [2.24, 2.45) is 0 Å². The molecule has 0 saturated heterocycles. The number of carbonyl (C=O) groups excluding carboxylic acids is 2. The molecule has 4 rings (SSSR count). The Labute approximate surface area is 188 Å². The highest BCUT2D eigenvalue weighted by Crippen LogP contribution is 2.46. The van der Waals surface area contributed by atoms with Gasteiger partial charge in [0.15, 0.2) is 0 Å². The number of hydrogen-bond donors (Lipinski definition) is 0. The van der Waals surface area contributed by atoms with Crippen LogP contribution in [0, 0.1) is 6.92 Å². The van der Waals surface area contributed by atoms with Crippen LogP contribution >= 0.6 is 0 Å². The van der Waals surface area contributed by atoms with E-state index < -0.39 is 17.7 Å². The molecule has 3 aromatic rings. The summed E-state index contributed by atoms with van der Waals surface area (Å²) in [7, 11) is 0. The summed E-state index contributed by atoms with van der Waals surface area (Å²) in [4.78, 5) is 29.3. The second-order valence-electron chi connectivity index (χ2n) is 8.40. The van der Waals surface area contributed by atoms with Crippen molar-refractivity contribution in [1.29, 1.82) is 0 Å². The second kappa shape index (κ2) is 9.15. The largest absolute Gasteiger partial charge is 0.412 e. The van der Waals surface area contributed by atoms with Gasteiger partial charge in [0.05, 0.1) is 11.1 Å². The summed E-state index contributed by atoms with van der Waals surface area (Å²) >= 11 is 0. The van der Waals surface area contributed by atoms with E-state index >= 15 is 0 Å². The van der Waals surface area contributed by atoms with Crippen LogP contribution in [0.3, 0.4) is 0 Å². The van der Waals surface area contributed by atoms with Crippen molar-refractivity contribution in [3.63, 3.8) is 0 Å². The molecule has 168 valence electrons. The van der Waals surface area contributed by atoms with Gasteiger partial charge in [-0.15, -0.1) is 0 Å². The summed E-state index contributed by atoms with van der Waals surface area (Å²) in [5, 5.41) is 0.892. The van der Waals surface area contributed by atoms with Crippen LogP contribution in [-0.2, 0) is 26.6 Å². The highest BCUT2D eigenvalue weighted by molar-refractivity contribution is 5.97. The van der Waals surface area contributed by atoms with Gasteiger partial charge in [0, 0.05) is 36.3 Å². The van der Waals surface area contributed by atoms with Crippen molar-refractivity contribution in [1.82, 2.24) is 9.55 Å². The molecule has 1 aromatic carbocycles. The second-order valence-corrected chi connectivity index (χ2v) is 8.40. The van der Waals surface area contributed by atoms with Crippen LogP contribution in [-0.4, -0.2) is 21.5 Å². The lowest BCUT2D eigenvalue weighted by atomic mass is 9.97. The Morgan fingerprint density at radius 2 is 1.84 bits per heavy atom. The van der Waals surface area contributed by atoms with Crippen LogP contribution in [0.4, 0.5) is 0 Å². The van der Waals surface area contributed by atoms with E-state index in [1.54, 1.807) is 18.3 Å². The molecule has 0 spiro atoms. The molecule has 3 heterocycles. The number of nitrogens with zero attached hydrogens (tertiary/aromatic N) is 2. The number of hydrogen-bond acceptors (Lipinski definition) is 5. The zero-order chi connectivity index (χ0) is 22.7. The van der Waals surface area contributed by atoms with Crippen LogP contribution < -0.4 is 0 Å². The highest BCUT2D eigenvalue weighted by atomic mass is 16.7. The molecule has 2 aromatic heterocycles. The third kappa shape index (κ3) is 3.78. The van der Waals surface area contributed by atoms with Gasteiger partial charge in [-0.05, 0) is 31.5 Å². The van der Waals surface area contributed by atoms with Gasteiger partial charge in [-0.2, -0.15) is 0 Å². The molecule has 0 radical (unpaired) electrons. The summed E-state index contributed by atoms with van der Waals surface area (Å²) < 4.78 is 13.9. The van der Waals surface area contributed by atoms with Crippen molar-refractivity contribution in [2.45, 2.75) is 71.6 Å². The molecule has 1 unspecified atom stereocenters. The van der Waals surface area contributed by atoms with Gasteiger partial charge >= 0.3 is 17.7 Å². The van der Waals surface area contributed by atoms with Gasteiger partial charge in [0.1, 0.15) is 5.69 Å². The van der Waals surface area contributed by atoms with E-state index in [0.717, 1.165) is 36.0 Å². The molecule has 0 aliphatic carbocycles. The molecule has 6 nitrogen and oxygen atoms in total. The topological polar surface area (TPSA) is 70.4 Å². The van der Waals surface area contributed by atoms with Crippen molar-refractivity contribution in [3.8, 4) is 0 Å². The number of pyridine rings is 1. The third-order valence-corrected chi connectivity index (χ3v) is 6.16. The number of fused-ring (bicyclic) bond motifs is 2.